The molecule has 0 aliphatic carbocycles. The fraction of sp³-hybridized carbons (Fsp3) is 0.176. The summed E-state index contributed by atoms with van der Waals surface area (Å²) in [6.45, 7) is 0.522. The van der Waals surface area contributed by atoms with Crippen molar-refractivity contribution < 1.29 is 19.1 Å². The lowest BCUT2D eigenvalue weighted by atomic mass is 10.0. The van der Waals surface area contributed by atoms with E-state index >= 15 is 0 Å². The van der Waals surface area contributed by atoms with E-state index in [2.05, 4.69) is 0 Å². The number of benzene rings is 2. The second-order valence-corrected chi connectivity index (χ2v) is 6.00. The van der Waals surface area contributed by atoms with E-state index in [-0.39, 0.29) is 29.7 Å². The zero-order valence-corrected chi connectivity index (χ0v) is 13.5. The van der Waals surface area contributed by atoms with Gasteiger partial charge in [0.05, 0.1) is 16.3 Å². The van der Waals surface area contributed by atoms with Gasteiger partial charge in [0.15, 0.2) is 0 Å². The minimum atomic E-state index is -1.02. The van der Waals surface area contributed by atoms with Gasteiger partial charge in [-0.05, 0) is 41.5 Å². The molecule has 0 bridgehead atoms. The molecule has 7 heteroatoms. The Labute approximate surface area is 142 Å². The molecule has 0 radical (unpaired) electrons. The van der Waals surface area contributed by atoms with Crippen molar-refractivity contribution in [3.05, 3.63) is 63.9 Å². The molecule has 2 aromatic rings. The second kappa shape index (κ2) is 6.13. The Hall–Kier alpha value is -2.60. The first-order chi connectivity index (χ1) is 11.4. The van der Waals surface area contributed by atoms with Crippen molar-refractivity contribution in [3.63, 3.8) is 0 Å². The minimum Gasteiger partial charge on any atom is -0.478 e. The Morgan fingerprint density at radius 2 is 2.04 bits per heavy atom. The molecule has 0 fully saturated rings. The molecule has 0 saturated carbocycles. The standard InChI is InChI=1S/C17H14ClFN2O3/c1-20-15-5-3-11(16(22)23)7-12(15)9-21(17(20)24)8-10-2-4-14(19)13(18)6-10/h2-7H,8-9H2,1H3,(H,22,23). The number of fused-ring (bicyclic) bond motifs is 1. The van der Waals surface area contributed by atoms with E-state index in [0.717, 1.165) is 5.56 Å². The molecule has 24 heavy (non-hydrogen) atoms. The maximum Gasteiger partial charge on any atom is 0.335 e. The number of carboxylic acids is 1. The van der Waals surface area contributed by atoms with Crippen LogP contribution in [0.25, 0.3) is 0 Å². The number of hydrogen-bond donors (Lipinski definition) is 1. The highest BCUT2D eigenvalue weighted by Crippen LogP contribution is 2.30. The van der Waals surface area contributed by atoms with Gasteiger partial charge in [0.25, 0.3) is 0 Å². The number of carbonyl (C=O) groups is 2. The van der Waals surface area contributed by atoms with Crippen molar-refractivity contribution in [2.24, 2.45) is 0 Å². The van der Waals surface area contributed by atoms with Crippen molar-refractivity contribution in [2.45, 2.75) is 13.1 Å². The number of urea groups is 1. The molecular weight excluding hydrogens is 335 g/mol. The Bertz CT molecular complexity index is 841. The Morgan fingerprint density at radius 3 is 2.71 bits per heavy atom. The molecule has 1 aliphatic heterocycles. The van der Waals surface area contributed by atoms with Gasteiger partial charge in [0, 0.05) is 20.1 Å². The van der Waals surface area contributed by atoms with Crippen LogP contribution >= 0.6 is 11.6 Å². The highest BCUT2D eigenvalue weighted by atomic mass is 35.5. The van der Waals surface area contributed by atoms with E-state index in [1.165, 1.54) is 23.1 Å². The lowest BCUT2D eigenvalue weighted by molar-refractivity contribution is 0.0696. The largest absolute Gasteiger partial charge is 0.478 e. The summed E-state index contributed by atoms with van der Waals surface area (Å²) in [6, 6.07) is 8.75. The number of anilines is 1. The molecular formula is C17H14ClFN2O3. The lowest BCUT2D eigenvalue weighted by Gasteiger charge is -2.35. The summed E-state index contributed by atoms with van der Waals surface area (Å²) in [5.41, 5.74) is 2.28. The monoisotopic (exact) mass is 348 g/mol. The first-order valence-corrected chi connectivity index (χ1v) is 7.57. The topological polar surface area (TPSA) is 60.9 Å². The van der Waals surface area contributed by atoms with Crippen molar-refractivity contribution in [2.75, 3.05) is 11.9 Å². The molecule has 1 heterocycles. The van der Waals surface area contributed by atoms with Gasteiger partial charge < -0.3 is 10.0 Å². The van der Waals surface area contributed by atoms with E-state index in [0.29, 0.717) is 11.3 Å². The maximum atomic E-state index is 13.3. The third-order valence-electron chi connectivity index (χ3n) is 3.96. The van der Waals surface area contributed by atoms with E-state index in [9.17, 15) is 14.0 Å². The summed E-state index contributed by atoms with van der Waals surface area (Å²) >= 11 is 5.78. The predicted molar refractivity (Wildman–Crippen MR) is 87.9 cm³/mol. The number of carboxylic acid groups (broad SMARTS) is 1. The molecule has 2 aromatic carbocycles. The van der Waals surface area contributed by atoms with Gasteiger partial charge in [-0.25, -0.2) is 14.0 Å². The number of nitrogens with zero attached hydrogens (tertiary/aromatic N) is 2. The smallest absolute Gasteiger partial charge is 0.335 e. The average molecular weight is 349 g/mol. The van der Waals surface area contributed by atoms with Gasteiger partial charge in [0.1, 0.15) is 5.82 Å². The summed E-state index contributed by atoms with van der Waals surface area (Å²) in [5.74, 6) is -1.53. The van der Waals surface area contributed by atoms with E-state index < -0.39 is 11.8 Å². The summed E-state index contributed by atoms with van der Waals surface area (Å²) < 4.78 is 13.3. The normalized spacial score (nSPS) is 13.9. The molecule has 5 nitrogen and oxygen atoms in total. The number of halogens is 2. The van der Waals surface area contributed by atoms with Gasteiger partial charge in [-0.2, -0.15) is 0 Å². The van der Waals surface area contributed by atoms with Crippen LogP contribution in [-0.2, 0) is 13.1 Å². The highest BCUT2D eigenvalue weighted by molar-refractivity contribution is 6.30. The van der Waals surface area contributed by atoms with Crippen LogP contribution in [0.5, 0.6) is 0 Å². The molecule has 0 atom stereocenters. The number of amides is 2. The van der Waals surface area contributed by atoms with Crippen LogP contribution in [0.4, 0.5) is 14.9 Å². The number of aromatic carboxylic acids is 1. The Morgan fingerprint density at radius 1 is 1.29 bits per heavy atom. The van der Waals surface area contributed by atoms with Crippen LogP contribution in [0.15, 0.2) is 36.4 Å². The molecule has 1 N–H and O–H groups in total. The van der Waals surface area contributed by atoms with Gasteiger partial charge in [0.2, 0.25) is 0 Å². The molecule has 0 spiro atoms. The second-order valence-electron chi connectivity index (χ2n) is 5.59. The van der Waals surface area contributed by atoms with Crippen molar-refractivity contribution in [1.29, 1.82) is 0 Å². The third kappa shape index (κ3) is 2.92. The molecule has 0 unspecified atom stereocenters. The minimum absolute atomic E-state index is 0.00104. The zero-order valence-electron chi connectivity index (χ0n) is 12.8. The molecule has 124 valence electrons. The third-order valence-corrected chi connectivity index (χ3v) is 4.25. The Kier molecular flexibility index (Phi) is 4.15. The SMILES string of the molecule is CN1C(=O)N(Cc2ccc(F)c(Cl)c2)Cc2cc(C(=O)O)ccc21. The van der Waals surface area contributed by atoms with Crippen LogP contribution in [0, 0.1) is 5.82 Å². The van der Waals surface area contributed by atoms with Crippen LogP contribution < -0.4 is 4.90 Å². The molecule has 1 aliphatic rings. The first kappa shape index (κ1) is 16.3. The van der Waals surface area contributed by atoms with E-state index in [1.807, 2.05) is 0 Å². The van der Waals surface area contributed by atoms with Gasteiger partial charge >= 0.3 is 12.0 Å². The zero-order chi connectivity index (χ0) is 17.4. The van der Waals surface area contributed by atoms with Gasteiger partial charge in [-0.15, -0.1) is 0 Å². The summed E-state index contributed by atoms with van der Waals surface area (Å²) in [5, 5.41) is 9.12. The number of hydrogen-bond acceptors (Lipinski definition) is 2. The quantitative estimate of drug-likeness (QED) is 0.919. The molecule has 0 saturated heterocycles. The van der Waals surface area contributed by atoms with Gasteiger partial charge in [-0.1, -0.05) is 17.7 Å². The van der Waals surface area contributed by atoms with Crippen LogP contribution in [0.2, 0.25) is 5.02 Å². The first-order valence-electron chi connectivity index (χ1n) is 7.19. The fourth-order valence-corrected chi connectivity index (χ4v) is 2.95. The van der Waals surface area contributed by atoms with Crippen molar-refractivity contribution in [3.8, 4) is 0 Å². The molecule has 3 rings (SSSR count). The lowest BCUT2D eigenvalue weighted by Crippen LogP contribution is -2.44. The van der Waals surface area contributed by atoms with Crippen LogP contribution in [0.1, 0.15) is 21.5 Å². The highest BCUT2D eigenvalue weighted by Gasteiger charge is 2.28. The van der Waals surface area contributed by atoms with Crippen molar-refractivity contribution >= 4 is 29.3 Å². The Balaban J connectivity index is 1.90. The molecule has 2 amide bonds. The summed E-state index contributed by atoms with van der Waals surface area (Å²) in [4.78, 5) is 26.6. The van der Waals surface area contributed by atoms with E-state index in [1.54, 1.807) is 30.1 Å². The van der Waals surface area contributed by atoms with Gasteiger partial charge in [-0.3, -0.25) is 4.90 Å². The van der Waals surface area contributed by atoms with E-state index in [4.69, 9.17) is 16.7 Å². The maximum absolute atomic E-state index is 13.3. The predicted octanol–water partition coefficient (Wildman–Crippen LogP) is 3.75. The average Bonchev–Trinajstić information content (AvgIpc) is 2.55. The number of rotatable bonds is 3. The molecule has 0 aromatic heterocycles. The summed E-state index contributed by atoms with van der Waals surface area (Å²) in [7, 11) is 1.63. The fourth-order valence-electron chi connectivity index (χ4n) is 2.74. The van der Waals surface area contributed by atoms with Crippen molar-refractivity contribution in [1.82, 2.24) is 4.90 Å². The summed E-state index contributed by atoms with van der Waals surface area (Å²) in [6.07, 6.45) is 0. The number of carbonyl (C=O) groups excluding carboxylic acids is 1. The van der Waals surface area contributed by atoms with Crippen LogP contribution in [0.3, 0.4) is 0 Å². The van der Waals surface area contributed by atoms with Crippen LogP contribution in [-0.4, -0.2) is 29.1 Å².